The van der Waals surface area contributed by atoms with Crippen LogP contribution in [0, 0.1) is 0 Å². The van der Waals surface area contributed by atoms with E-state index in [-0.39, 0.29) is 0 Å². The van der Waals surface area contributed by atoms with E-state index in [9.17, 15) is 4.79 Å². The molecule has 23 heavy (non-hydrogen) atoms. The number of nitrogens with zero attached hydrogens (tertiary/aromatic N) is 1. The molecule has 0 aliphatic carbocycles. The molecule has 0 atom stereocenters. The second-order valence-corrected chi connectivity index (χ2v) is 6.31. The summed E-state index contributed by atoms with van der Waals surface area (Å²) < 4.78 is 5.25. The van der Waals surface area contributed by atoms with Crippen molar-refractivity contribution in [1.29, 1.82) is 0 Å². The summed E-state index contributed by atoms with van der Waals surface area (Å²) in [6, 6.07) is 15.4. The number of H-pyrrole nitrogens is 1. The van der Waals surface area contributed by atoms with Gasteiger partial charge in [0.05, 0.1) is 11.0 Å². The maximum atomic E-state index is 11.8. The Kier molecular flexibility index (Phi) is 3.78. The van der Waals surface area contributed by atoms with Crippen molar-refractivity contribution in [3.8, 4) is 11.4 Å². The van der Waals surface area contributed by atoms with E-state index in [1.165, 1.54) is 0 Å². The van der Waals surface area contributed by atoms with Crippen LogP contribution in [0.5, 0.6) is 0 Å². The molecule has 0 aliphatic rings. The van der Waals surface area contributed by atoms with Crippen molar-refractivity contribution in [2.75, 3.05) is 5.32 Å². The van der Waals surface area contributed by atoms with Gasteiger partial charge >= 0.3 is 6.09 Å². The molecule has 0 fully saturated rings. The van der Waals surface area contributed by atoms with Crippen molar-refractivity contribution >= 4 is 22.8 Å². The first-order valence-electron chi connectivity index (χ1n) is 7.46. The van der Waals surface area contributed by atoms with Gasteiger partial charge < -0.3 is 9.72 Å². The number of hydrogen-bond donors (Lipinski definition) is 2. The number of imidazole rings is 1. The molecule has 0 unspecified atom stereocenters. The monoisotopic (exact) mass is 309 g/mol. The zero-order valence-electron chi connectivity index (χ0n) is 13.4. The quantitative estimate of drug-likeness (QED) is 0.728. The molecular formula is C18H19N3O2. The molecule has 0 spiro atoms. The van der Waals surface area contributed by atoms with Crippen LogP contribution in [0.2, 0.25) is 0 Å². The van der Waals surface area contributed by atoms with Gasteiger partial charge in [-0.05, 0) is 39.0 Å². The van der Waals surface area contributed by atoms with Crippen LogP contribution >= 0.6 is 0 Å². The minimum atomic E-state index is -0.525. The van der Waals surface area contributed by atoms with E-state index in [0.717, 1.165) is 22.4 Å². The molecule has 1 aromatic heterocycles. The molecule has 0 saturated carbocycles. The lowest BCUT2D eigenvalue weighted by molar-refractivity contribution is 0.0636. The third-order valence-corrected chi connectivity index (χ3v) is 3.17. The van der Waals surface area contributed by atoms with Crippen LogP contribution in [-0.4, -0.2) is 21.7 Å². The summed E-state index contributed by atoms with van der Waals surface area (Å²) in [5.41, 5.74) is 2.86. The predicted molar refractivity (Wildman–Crippen MR) is 91.4 cm³/mol. The Morgan fingerprint density at radius 2 is 1.87 bits per heavy atom. The Morgan fingerprint density at radius 1 is 1.13 bits per heavy atom. The lowest BCUT2D eigenvalue weighted by atomic mass is 10.2. The Hall–Kier alpha value is -2.82. The van der Waals surface area contributed by atoms with Crippen LogP contribution in [0.15, 0.2) is 48.5 Å². The van der Waals surface area contributed by atoms with E-state index in [1.807, 2.05) is 69.3 Å². The van der Waals surface area contributed by atoms with Gasteiger partial charge in [-0.15, -0.1) is 0 Å². The zero-order valence-corrected chi connectivity index (χ0v) is 13.4. The number of ether oxygens (including phenoxy) is 1. The van der Waals surface area contributed by atoms with Crippen molar-refractivity contribution in [2.45, 2.75) is 26.4 Å². The highest BCUT2D eigenvalue weighted by Gasteiger charge is 2.16. The Labute approximate surface area is 134 Å². The van der Waals surface area contributed by atoms with Gasteiger partial charge in [-0.25, -0.2) is 9.78 Å². The van der Waals surface area contributed by atoms with E-state index in [4.69, 9.17) is 4.74 Å². The third kappa shape index (κ3) is 3.69. The molecule has 2 N–H and O–H groups in total. The van der Waals surface area contributed by atoms with E-state index in [2.05, 4.69) is 15.3 Å². The molecule has 0 bridgehead atoms. The lowest BCUT2D eigenvalue weighted by Crippen LogP contribution is -2.27. The fraction of sp³-hybridized carbons (Fsp3) is 0.222. The number of carbonyl (C=O) groups excluding carboxylic acids is 1. The van der Waals surface area contributed by atoms with Crippen LogP contribution in [-0.2, 0) is 4.74 Å². The van der Waals surface area contributed by atoms with E-state index >= 15 is 0 Å². The average molecular weight is 309 g/mol. The zero-order chi connectivity index (χ0) is 16.4. The first-order chi connectivity index (χ1) is 10.9. The van der Waals surface area contributed by atoms with Gasteiger partial charge in [0.2, 0.25) is 0 Å². The van der Waals surface area contributed by atoms with Crippen molar-refractivity contribution in [1.82, 2.24) is 9.97 Å². The molecule has 5 heteroatoms. The molecule has 1 heterocycles. The highest BCUT2D eigenvalue weighted by Crippen LogP contribution is 2.23. The van der Waals surface area contributed by atoms with Crippen LogP contribution in [0.4, 0.5) is 10.5 Å². The van der Waals surface area contributed by atoms with Gasteiger partial charge in [0.1, 0.15) is 11.4 Å². The first kappa shape index (κ1) is 15.1. The van der Waals surface area contributed by atoms with Gasteiger partial charge in [-0.3, -0.25) is 5.32 Å². The van der Waals surface area contributed by atoms with Gasteiger partial charge in [0, 0.05) is 11.3 Å². The maximum Gasteiger partial charge on any atom is 0.412 e. The topological polar surface area (TPSA) is 67.0 Å². The summed E-state index contributed by atoms with van der Waals surface area (Å²) in [7, 11) is 0. The summed E-state index contributed by atoms with van der Waals surface area (Å²) in [6.45, 7) is 5.49. The standard InChI is InChI=1S/C18H19N3O2/c1-18(2,3)23-17(22)19-13-9-10-14-15(11-13)21-16(20-14)12-7-5-4-6-8-12/h4-11H,1-3H3,(H,19,22)(H,20,21). The van der Waals surface area contributed by atoms with Crippen molar-refractivity contribution < 1.29 is 9.53 Å². The van der Waals surface area contributed by atoms with Crippen molar-refractivity contribution in [3.05, 3.63) is 48.5 Å². The normalized spacial score (nSPS) is 11.4. The smallest absolute Gasteiger partial charge is 0.412 e. The number of aromatic amines is 1. The SMILES string of the molecule is CC(C)(C)OC(=O)Nc1ccc2nc(-c3ccccc3)[nH]c2c1. The molecule has 5 nitrogen and oxygen atoms in total. The fourth-order valence-electron chi connectivity index (χ4n) is 2.24. The molecule has 3 aromatic rings. The Balaban J connectivity index is 1.84. The van der Waals surface area contributed by atoms with Crippen LogP contribution in [0.3, 0.4) is 0 Å². The molecule has 118 valence electrons. The summed E-state index contributed by atoms with van der Waals surface area (Å²) in [4.78, 5) is 19.7. The molecule has 2 aromatic carbocycles. The number of amides is 1. The summed E-state index contributed by atoms with van der Waals surface area (Å²) in [5.74, 6) is 0.801. The van der Waals surface area contributed by atoms with E-state index in [0.29, 0.717) is 5.69 Å². The van der Waals surface area contributed by atoms with E-state index < -0.39 is 11.7 Å². The summed E-state index contributed by atoms with van der Waals surface area (Å²) in [5, 5.41) is 2.73. The highest BCUT2D eigenvalue weighted by molar-refractivity contribution is 5.89. The van der Waals surface area contributed by atoms with Crippen molar-refractivity contribution in [2.24, 2.45) is 0 Å². The number of rotatable bonds is 2. The molecule has 0 aliphatic heterocycles. The van der Waals surface area contributed by atoms with Crippen molar-refractivity contribution in [3.63, 3.8) is 0 Å². The minimum Gasteiger partial charge on any atom is -0.444 e. The van der Waals surface area contributed by atoms with Crippen LogP contribution in [0.25, 0.3) is 22.4 Å². The molecule has 3 rings (SSSR count). The largest absolute Gasteiger partial charge is 0.444 e. The Morgan fingerprint density at radius 3 is 2.57 bits per heavy atom. The molecule has 1 amide bonds. The summed E-state index contributed by atoms with van der Waals surface area (Å²) >= 11 is 0. The van der Waals surface area contributed by atoms with Crippen LogP contribution in [0.1, 0.15) is 20.8 Å². The van der Waals surface area contributed by atoms with Crippen LogP contribution < -0.4 is 5.32 Å². The van der Waals surface area contributed by atoms with E-state index in [1.54, 1.807) is 0 Å². The fourth-order valence-corrected chi connectivity index (χ4v) is 2.24. The minimum absolute atomic E-state index is 0.473. The third-order valence-electron chi connectivity index (χ3n) is 3.17. The Bertz CT molecular complexity index is 832. The lowest BCUT2D eigenvalue weighted by Gasteiger charge is -2.19. The van der Waals surface area contributed by atoms with Gasteiger partial charge in [-0.2, -0.15) is 0 Å². The number of benzene rings is 2. The van der Waals surface area contributed by atoms with Gasteiger partial charge in [0.25, 0.3) is 0 Å². The number of aromatic nitrogens is 2. The molecular weight excluding hydrogens is 290 g/mol. The maximum absolute atomic E-state index is 11.8. The number of anilines is 1. The summed E-state index contributed by atoms with van der Waals surface area (Å²) in [6.07, 6.45) is -0.473. The number of fused-ring (bicyclic) bond motifs is 1. The number of hydrogen-bond acceptors (Lipinski definition) is 3. The average Bonchev–Trinajstić information content (AvgIpc) is 2.89. The molecule has 0 saturated heterocycles. The number of nitrogens with one attached hydrogen (secondary N) is 2. The van der Waals surface area contributed by atoms with Gasteiger partial charge in [-0.1, -0.05) is 30.3 Å². The first-order valence-corrected chi connectivity index (χ1v) is 7.46. The second-order valence-electron chi connectivity index (χ2n) is 6.31. The second kappa shape index (κ2) is 5.76. The molecule has 0 radical (unpaired) electrons. The number of carbonyl (C=O) groups is 1. The highest BCUT2D eigenvalue weighted by atomic mass is 16.6. The predicted octanol–water partition coefficient (Wildman–Crippen LogP) is 4.58. The van der Waals surface area contributed by atoms with Gasteiger partial charge in [0.15, 0.2) is 0 Å².